The van der Waals surface area contributed by atoms with Gasteiger partial charge in [-0.1, -0.05) is 11.6 Å². The standard InChI is InChI=1S/C17H15ClN2O5S/c1-24-11-8-13(18)17(15(9-11)25-2)20-26(22,23)12-4-5-14-10(7-12)3-6-16(21)19-14/h3-9,20H,1-2H3,(H,19,21). The van der Waals surface area contributed by atoms with Gasteiger partial charge in [-0.2, -0.15) is 0 Å². The van der Waals surface area contributed by atoms with Gasteiger partial charge in [-0.25, -0.2) is 8.42 Å². The molecule has 0 bridgehead atoms. The van der Waals surface area contributed by atoms with Crippen molar-refractivity contribution in [2.45, 2.75) is 4.90 Å². The molecule has 0 unspecified atom stereocenters. The fourth-order valence-corrected chi connectivity index (χ4v) is 3.86. The molecule has 1 heterocycles. The summed E-state index contributed by atoms with van der Waals surface area (Å²) in [6.45, 7) is 0. The maximum Gasteiger partial charge on any atom is 0.262 e. The summed E-state index contributed by atoms with van der Waals surface area (Å²) in [4.78, 5) is 14.0. The Balaban J connectivity index is 2.04. The second-order valence-corrected chi connectivity index (χ2v) is 7.45. The summed E-state index contributed by atoms with van der Waals surface area (Å²) in [5.41, 5.74) is 0.383. The number of anilines is 1. The van der Waals surface area contributed by atoms with Crippen LogP contribution in [0.3, 0.4) is 0 Å². The third kappa shape index (κ3) is 3.47. The lowest BCUT2D eigenvalue weighted by Gasteiger charge is -2.15. The molecule has 136 valence electrons. The summed E-state index contributed by atoms with van der Waals surface area (Å²) >= 11 is 6.17. The molecule has 3 rings (SSSR count). The van der Waals surface area contributed by atoms with Crippen LogP contribution in [-0.4, -0.2) is 27.6 Å². The van der Waals surface area contributed by atoms with Gasteiger partial charge in [0, 0.05) is 23.7 Å². The Kier molecular flexibility index (Phi) is 4.80. The van der Waals surface area contributed by atoms with E-state index < -0.39 is 10.0 Å². The monoisotopic (exact) mass is 394 g/mol. The number of benzene rings is 2. The molecule has 0 saturated carbocycles. The number of hydrogen-bond donors (Lipinski definition) is 2. The molecule has 0 amide bonds. The number of halogens is 1. The van der Waals surface area contributed by atoms with Gasteiger partial charge in [-0.15, -0.1) is 0 Å². The first-order valence-electron chi connectivity index (χ1n) is 7.41. The van der Waals surface area contributed by atoms with Crippen molar-refractivity contribution >= 4 is 38.2 Å². The molecule has 2 aromatic carbocycles. The van der Waals surface area contributed by atoms with Crippen LogP contribution in [0, 0.1) is 0 Å². The van der Waals surface area contributed by atoms with Crippen LogP contribution in [0.2, 0.25) is 5.02 Å². The van der Waals surface area contributed by atoms with Crippen LogP contribution >= 0.6 is 11.6 Å². The Morgan fingerprint density at radius 3 is 2.50 bits per heavy atom. The zero-order valence-corrected chi connectivity index (χ0v) is 15.4. The molecule has 2 N–H and O–H groups in total. The topological polar surface area (TPSA) is 97.5 Å². The van der Waals surface area contributed by atoms with Crippen molar-refractivity contribution in [2.24, 2.45) is 0 Å². The maximum atomic E-state index is 12.8. The van der Waals surface area contributed by atoms with Crippen LogP contribution < -0.4 is 19.8 Å². The molecule has 0 aliphatic carbocycles. The highest BCUT2D eigenvalue weighted by Gasteiger charge is 2.20. The summed E-state index contributed by atoms with van der Waals surface area (Å²) in [5.74, 6) is 0.660. The Morgan fingerprint density at radius 1 is 1.04 bits per heavy atom. The number of hydrogen-bond acceptors (Lipinski definition) is 5. The van der Waals surface area contributed by atoms with Crippen LogP contribution in [0.1, 0.15) is 0 Å². The molecular formula is C17H15ClN2O5S. The highest BCUT2D eigenvalue weighted by Crippen LogP contribution is 2.38. The van der Waals surface area contributed by atoms with Gasteiger partial charge >= 0.3 is 0 Å². The summed E-state index contributed by atoms with van der Waals surface area (Å²) in [6, 6.07) is 10.3. The number of methoxy groups -OCH3 is 2. The Bertz CT molecular complexity index is 1140. The molecule has 0 aliphatic heterocycles. The second-order valence-electron chi connectivity index (χ2n) is 5.36. The van der Waals surface area contributed by atoms with Crippen LogP contribution in [0.4, 0.5) is 5.69 Å². The number of ether oxygens (including phenoxy) is 2. The number of nitrogens with one attached hydrogen (secondary N) is 2. The van der Waals surface area contributed by atoms with Gasteiger partial charge < -0.3 is 14.5 Å². The first kappa shape index (κ1) is 18.1. The quantitative estimate of drug-likeness (QED) is 0.693. The minimum absolute atomic E-state index is 0.0194. The van der Waals surface area contributed by atoms with Gasteiger partial charge in [0.05, 0.1) is 24.1 Å². The summed E-state index contributed by atoms with van der Waals surface area (Å²) in [5, 5.41) is 0.718. The van der Waals surface area contributed by atoms with Crippen molar-refractivity contribution in [3.8, 4) is 11.5 Å². The highest BCUT2D eigenvalue weighted by atomic mass is 35.5. The van der Waals surface area contributed by atoms with Gasteiger partial charge in [0.15, 0.2) is 0 Å². The van der Waals surface area contributed by atoms with E-state index in [1.54, 1.807) is 6.07 Å². The number of aromatic amines is 1. The van der Waals surface area contributed by atoms with Gasteiger partial charge in [-0.05, 0) is 29.7 Å². The third-order valence-corrected chi connectivity index (χ3v) is 5.37. The number of sulfonamides is 1. The van der Waals surface area contributed by atoms with E-state index in [9.17, 15) is 13.2 Å². The zero-order valence-electron chi connectivity index (χ0n) is 13.9. The highest BCUT2D eigenvalue weighted by molar-refractivity contribution is 7.92. The lowest BCUT2D eigenvalue weighted by Crippen LogP contribution is -2.14. The van der Waals surface area contributed by atoms with Crippen molar-refractivity contribution < 1.29 is 17.9 Å². The molecule has 0 spiro atoms. The number of rotatable bonds is 5. The van der Waals surface area contributed by atoms with Gasteiger partial charge in [-0.3, -0.25) is 9.52 Å². The summed E-state index contributed by atoms with van der Waals surface area (Å²) in [7, 11) is -1.07. The molecule has 0 radical (unpaired) electrons. The van der Waals surface area contributed by atoms with Crippen LogP contribution in [-0.2, 0) is 10.0 Å². The molecule has 9 heteroatoms. The summed E-state index contributed by atoms with van der Waals surface area (Å²) in [6.07, 6.45) is 0. The normalized spacial score (nSPS) is 11.3. The van der Waals surface area contributed by atoms with Crippen molar-refractivity contribution in [2.75, 3.05) is 18.9 Å². The largest absolute Gasteiger partial charge is 0.497 e. The summed E-state index contributed by atoms with van der Waals surface area (Å²) < 4.78 is 38.3. The van der Waals surface area contributed by atoms with E-state index in [-0.39, 0.29) is 26.9 Å². The van der Waals surface area contributed by atoms with Gasteiger partial charge in [0.2, 0.25) is 5.56 Å². The fraction of sp³-hybridized carbons (Fsp3) is 0.118. The minimum Gasteiger partial charge on any atom is -0.497 e. The Hall–Kier alpha value is -2.71. The van der Waals surface area contributed by atoms with E-state index in [0.717, 1.165) is 0 Å². The van der Waals surface area contributed by atoms with Crippen molar-refractivity contribution in [3.05, 3.63) is 57.8 Å². The molecule has 0 fully saturated rings. The smallest absolute Gasteiger partial charge is 0.262 e. The molecule has 0 aliphatic rings. The minimum atomic E-state index is -3.94. The number of pyridine rings is 1. The van der Waals surface area contributed by atoms with Crippen molar-refractivity contribution in [3.63, 3.8) is 0 Å². The Morgan fingerprint density at radius 2 is 1.81 bits per heavy atom. The van der Waals surface area contributed by atoms with Gasteiger partial charge in [0.25, 0.3) is 10.0 Å². The van der Waals surface area contributed by atoms with Crippen LogP contribution in [0.5, 0.6) is 11.5 Å². The number of fused-ring (bicyclic) bond motifs is 1. The van der Waals surface area contributed by atoms with E-state index in [1.807, 2.05) is 0 Å². The fourth-order valence-electron chi connectivity index (χ4n) is 2.43. The van der Waals surface area contributed by atoms with E-state index in [1.165, 1.54) is 50.6 Å². The van der Waals surface area contributed by atoms with Gasteiger partial charge in [0.1, 0.15) is 17.2 Å². The van der Waals surface area contributed by atoms with Crippen molar-refractivity contribution in [1.82, 2.24) is 4.98 Å². The molecular weight excluding hydrogens is 380 g/mol. The molecule has 7 nitrogen and oxygen atoms in total. The van der Waals surface area contributed by atoms with E-state index in [2.05, 4.69) is 9.71 Å². The van der Waals surface area contributed by atoms with Crippen LogP contribution in [0.15, 0.2) is 52.2 Å². The lowest BCUT2D eigenvalue weighted by molar-refractivity contribution is 0.395. The molecule has 0 atom stereocenters. The zero-order chi connectivity index (χ0) is 18.9. The van der Waals surface area contributed by atoms with E-state index >= 15 is 0 Å². The van der Waals surface area contributed by atoms with E-state index in [0.29, 0.717) is 16.7 Å². The van der Waals surface area contributed by atoms with Crippen LogP contribution in [0.25, 0.3) is 10.9 Å². The average molecular weight is 395 g/mol. The Labute approximate surface area is 154 Å². The molecule has 1 aromatic heterocycles. The molecule has 0 saturated heterocycles. The average Bonchev–Trinajstić information content (AvgIpc) is 2.62. The first-order valence-corrected chi connectivity index (χ1v) is 9.27. The second kappa shape index (κ2) is 6.89. The third-order valence-electron chi connectivity index (χ3n) is 3.73. The SMILES string of the molecule is COc1cc(Cl)c(NS(=O)(=O)c2ccc3[nH]c(=O)ccc3c2)c(OC)c1. The maximum absolute atomic E-state index is 12.8. The predicted octanol–water partition coefficient (Wildman–Crippen LogP) is 3.00. The predicted molar refractivity (Wildman–Crippen MR) is 99.9 cm³/mol. The molecule has 26 heavy (non-hydrogen) atoms. The van der Waals surface area contributed by atoms with Crippen molar-refractivity contribution in [1.29, 1.82) is 0 Å². The first-order chi connectivity index (χ1) is 12.3. The number of H-pyrrole nitrogens is 1. The lowest BCUT2D eigenvalue weighted by atomic mass is 10.2. The molecule has 3 aromatic rings. The number of aromatic nitrogens is 1. The van der Waals surface area contributed by atoms with E-state index in [4.69, 9.17) is 21.1 Å².